The Kier molecular flexibility index (Phi) is 8.05. The van der Waals surface area contributed by atoms with Crippen LogP contribution in [0.4, 0.5) is 4.39 Å². The highest BCUT2D eigenvalue weighted by Crippen LogP contribution is 2.01. The number of nitrogens with one attached hydrogen (secondary N) is 1. The van der Waals surface area contributed by atoms with E-state index in [9.17, 15) is 14.3 Å². The Morgan fingerprint density at radius 2 is 2.19 bits per heavy atom. The van der Waals surface area contributed by atoms with Crippen LogP contribution in [0.5, 0.6) is 0 Å². The van der Waals surface area contributed by atoms with Gasteiger partial charge in [-0.25, -0.2) is 9.18 Å². The van der Waals surface area contributed by atoms with Crippen molar-refractivity contribution in [3.63, 3.8) is 0 Å². The van der Waals surface area contributed by atoms with Gasteiger partial charge in [0.15, 0.2) is 0 Å². The van der Waals surface area contributed by atoms with Crippen molar-refractivity contribution >= 4 is 5.97 Å². The lowest BCUT2D eigenvalue weighted by Crippen LogP contribution is -2.44. The average Bonchev–Trinajstić information content (AvgIpc) is 2.25. The minimum Gasteiger partial charge on any atom is -0.464 e. The second kappa shape index (κ2) is 8.43. The Hall–Kier alpha value is -0.720. The van der Waals surface area contributed by atoms with Crippen molar-refractivity contribution in [2.24, 2.45) is 0 Å². The smallest absolute Gasteiger partial charge is 0.342 e. The van der Waals surface area contributed by atoms with E-state index < -0.39 is 24.3 Å². The molecule has 2 N–H and O–H groups in total. The molecule has 0 aromatic heterocycles. The highest BCUT2D eigenvalue weighted by atomic mass is 19.1. The number of carbonyl (C=O) groups is 1. The van der Waals surface area contributed by atoms with Crippen LogP contribution in [0.2, 0.25) is 0 Å². The molecule has 3 unspecified atom stereocenters. The fourth-order valence-corrected chi connectivity index (χ4v) is 1.10. The molecule has 0 bridgehead atoms. The van der Waals surface area contributed by atoms with Crippen molar-refractivity contribution < 1.29 is 23.8 Å². The number of hydrogen-bond donors (Lipinski definition) is 2. The van der Waals surface area contributed by atoms with E-state index in [1.54, 1.807) is 6.92 Å². The third-order valence-corrected chi connectivity index (χ3v) is 1.99. The number of esters is 1. The van der Waals surface area contributed by atoms with E-state index in [0.29, 0.717) is 0 Å². The summed E-state index contributed by atoms with van der Waals surface area (Å²) in [6.07, 6.45) is -2.45. The molecule has 0 saturated carbocycles. The van der Waals surface area contributed by atoms with Crippen LogP contribution in [0.1, 0.15) is 13.8 Å². The topological polar surface area (TPSA) is 67.8 Å². The first-order valence-electron chi connectivity index (χ1n) is 5.24. The van der Waals surface area contributed by atoms with E-state index >= 15 is 0 Å². The number of methoxy groups -OCH3 is 1. The quantitative estimate of drug-likeness (QED) is 0.576. The molecule has 6 heteroatoms. The summed E-state index contributed by atoms with van der Waals surface area (Å²) < 4.78 is 22.6. The summed E-state index contributed by atoms with van der Waals surface area (Å²) in [5.41, 5.74) is 0. The van der Waals surface area contributed by atoms with Crippen molar-refractivity contribution in [1.29, 1.82) is 0 Å². The van der Waals surface area contributed by atoms with E-state index in [2.05, 4.69) is 10.1 Å². The van der Waals surface area contributed by atoms with Gasteiger partial charge in [0.05, 0.1) is 19.3 Å². The van der Waals surface area contributed by atoms with Gasteiger partial charge in [-0.3, -0.25) is 0 Å². The Labute approximate surface area is 94.9 Å². The van der Waals surface area contributed by atoms with E-state index in [-0.39, 0.29) is 19.8 Å². The van der Waals surface area contributed by atoms with Crippen LogP contribution in [0.25, 0.3) is 0 Å². The molecule has 0 rings (SSSR count). The summed E-state index contributed by atoms with van der Waals surface area (Å²) >= 11 is 0. The van der Waals surface area contributed by atoms with Gasteiger partial charge in [-0.2, -0.15) is 0 Å². The van der Waals surface area contributed by atoms with Crippen LogP contribution in [-0.2, 0) is 14.3 Å². The number of alkyl halides is 1. The van der Waals surface area contributed by atoms with E-state index in [0.717, 1.165) is 0 Å². The van der Waals surface area contributed by atoms with E-state index in [1.807, 2.05) is 0 Å². The fourth-order valence-electron chi connectivity index (χ4n) is 1.10. The fraction of sp³-hybridized carbons (Fsp3) is 0.900. The highest BCUT2D eigenvalue weighted by molar-refractivity contribution is 5.75. The van der Waals surface area contributed by atoms with Crippen molar-refractivity contribution in [2.75, 3.05) is 26.9 Å². The molecule has 0 spiro atoms. The van der Waals surface area contributed by atoms with Crippen molar-refractivity contribution in [3.05, 3.63) is 0 Å². The monoisotopic (exact) mass is 237 g/mol. The summed E-state index contributed by atoms with van der Waals surface area (Å²) in [6.45, 7) is 3.61. The summed E-state index contributed by atoms with van der Waals surface area (Å²) in [7, 11) is 1.46. The Bertz CT molecular complexity index is 203. The molecule has 0 aliphatic carbocycles. The largest absolute Gasteiger partial charge is 0.464 e. The van der Waals surface area contributed by atoms with Gasteiger partial charge in [-0.05, 0) is 13.8 Å². The first kappa shape index (κ1) is 15.3. The minimum absolute atomic E-state index is 0.151. The van der Waals surface area contributed by atoms with Gasteiger partial charge in [0.25, 0.3) is 0 Å². The number of halogens is 1. The number of ether oxygens (including phenoxy) is 2. The van der Waals surface area contributed by atoms with Gasteiger partial charge >= 0.3 is 5.97 Å². The molecule has 16 heavy (non-hydrogen) atoms. The zero-order valence-electron chi connectivity index (χ0n) is 9.90. The molecule has 0 amide bonds. The maximum Gasteiger partial charge on any atom is 0.342 e. The van der Waals surface area contributed by atoms with Crippen LogP contribution in [0.3, 0.4) is 0 Å². The molecule has 0 aromatic rings. The minimum atomic E-state index is -1.73. The third-order valence-electron chi connectivity index (χ3n) is 1.99. The second-order valence-corrected chi connectivity index (χ2v) is 3.46. The maximum absolute atomic E-state index is 13.4. The molecule has 0 radical (unpaired) electrons. The van der Waals surface area contributed by atoms with Crippen molar-refractivity contribution in [2.45, 2.75) is 32.2 Å². The van der Waals surface area contributed by atoms with Crippen LogP contribution < -0.4 is 5.32 Å². The molecule has 3 atom stereocenters. The number of rotatable bonds is 8. The Morgan fingerprint density at radius 3 is 2.69 bits per heavy atom. The van der Waals surface area contributed by atoms with Crippen molar-refractivity contribution in [3.8, 4) is 0 Å². The summed E-state index contributed by atoms with van der Waals surface area (Å²) in [6, 6.07) is -0.703. The molecule has 96 valence electrons. The summed E-state index contributed by atoms with van der Waals surface area (Å²) in [5.74, 6) is -0.885. The number of carbonyl (C=O) groups excluding carboxylic acids is 1. The molecule has 0 fully saturated rings. The van der Waals surface area contributed by atoms with Gasteiger partial charge in [-0.1, -0.05) is 0 Å². The van der Waals surface area contributed by atoms with Crippen molar-refractivity contribution in [1.82, 2.24) is 5.32 Å². The van der Waals surface area contributed by atoms with Gasteiger partial charge in [0.2, 0.25) is 6.17 Å². The van der Waals surface area contributed by atoms with Crippen LogP contribution >= 0.6 is 0 Å². The van der Waals surface area contributed by atoms with Crippen LogP contribution in [0, 0.1) is 0 Å². The van der Waals surface area contributed by atoms with Crippen LogP contribution in [0.15, 0.2) is 0 Å². The third kappa shape index (κ3) is 5.99. The van der Waals surface area contributed by atoms with E-state index in [1.165, 1.54) is 14.0 Å². The summed E-state index contributed by atoms with van der Waals surface area (Å²) in [5, 5.41) is 12.0. The van der Waals surface area contributed by atoms with E-state index in [4.69, 9.17) is 4.74 Å². The molecule has 0 aliphatic rings. The lowest BCUT2D eigenvalue weighted by molar-refractivity contribution is -0.150. The zero-order chi connectivity index (χ0) is 12.6. The lowest BCUT2D eigenvalue weighted by Gasteiger charge is -2.19. The standard InChI is InChI=1S/C10H20FNO4/c1-4-16-10(14)9(11)7(2)12-5-8(13)6-15-3/h7-9,12-13H,4-6H2,1-3H3. The second-order valence-electron chi connectivity index (χ2n) is 3.46. The molecule has 5 nitrogen and oxygen atoms in total. The first-order valence-corrected chi connectivity index (χ1v) is 5.24. The molecular formula is C10H20FNO4. The molecule has 0 aromatic carbocycles. The maximum atomic E-state index is 13.4. The Balaban J connectivity index is 3.86. The number of hydrogen-bond acceptors (Lipinski definition) is 5. The van der Waals surface area contributed by atoms with Gasteiger partial charge in [-0.15, -0.1) is 0 Å². The Morgan fingerprint density at radius 1 is 1.56 bits per heavy atom. The molecule has 0 saturated heterocycles. The predicted octanol–water partition coefficient (Wildman–Crippen LogP) is -0.127. The first-order chi connectivity index (χ1) is 7.52. The van der Waals surface area contributed by atoms with Gasteiger partial charge in [0, 0.05) is 19.7 Å². The van der Waals surface area contributed by atoms with Gasteiger partial charge in [0.1, 0.15) is 0 Å². The summed E-state index contributed by atoms with van der Waals surface area (Å²) in [4.78, 5) is 11.0. The normalized spacial score (nSPS) is 16.6. The lowest BCUT2D eigenvalue weighted by atomic mass is 10.2. The predicted molar refractivity (Wildman–Crippen MR) is 56.9 cm³/mol. The molecule has 0 heterocycles. The SMILES string of the molecule is CCOC(=O)C(F)C(C)NCC(O)COC. The average molecular weight is 237 g/mol. The number of aliphatic hydroxyl groups is 1. The number of aliphatic hydroxyl groups excluding tert-OH is 1. The zero-order valence-corrected chi connectivity index (χ0v) is 9.90. The van der Waals surface area contributed by atoms with Crippen LogP contribution in [-0.4, -0.2) is 56.3 Å². The highest BCUT2D eigenvalue weighted by Gasteiger charge is 2.25. The molecular weight excluding hydrogens is 217 g/mol. The molecule has 0 aliphatic heterocycles. The van der Waals surface area contributed by atoms with Gasteiger partial charge < -0.3 is 19.9 Å².